The maximum atomic E-state index is 11.5. The fourth-order valence-corrected chi connectivity index (χ4v) is 2.74. The van der Waals surface area contributed by atoms with E-state index in [0.717, 1.165) is 15.4 Å². The summed E-state index contributed by atoms with van der Waals surface area (Å²) in [5, 5.41) is 14.0. The highest BCUT2D eigenvalue weighted by Crippen LogP contribution is 2.30. The number of hydrogen-bond acceptors (Lipinski definition) is 3. The molecular weight excluding hydrogens is 284 g/mol. The Morgan fingerprint density at radius 3 is 2.48 bits per heavy atom. The van der Waals surface area contributed by atoms with E-state index in [1.807, 2.05) is 42.5 Å². The molecule has 0 bridgehead atoms. The number of nitrogens with one attached hydrogen (secondary N) is 2. The van der Waals surface area contributed by atoms with Gasteiger partial charge in [-0.3, -0.25) is 0 Å². The molecule has 0 aliphatic carbocycles. The van der Waals surface area contributed by atoms with Gasteiger partial charge in [0.15, 0.2) is 0 Å². The average molecular weight is 302 g/mol. The maximum Gasteiger partial charge on any atom is 0.315 e. The summed E-state index contributed by atoms with van der Waals surface area (Å²) in [6.45, 7) is 0.646. The molecule has 110 valence electrons. The number of aliphatic hydroxyl groups excluding tert-OH is 1. The SMILES string of the molecule is O=C(NCCO)NCc1ccccc1Sc1ccccc1. The number of aliphatic hydroxyl groups is 1. The van der Waals surface area contributed by atoms with E-state index in [9.17, 15) is 4.79 Å². The van der Waals surface area contributed by atoms with E-state index in [1.54, 1.807) is 11.8 Å². The lowest BCUT2D eigenvalue weighted by Gasteiger charge is -2.11. The van der Waals surface area contributed by atoms with Crippen molar-refractivity contribution in [1.29, 1.82) is 0 Å². The second kappa shape index (κ2) is 8.34. The molecule has 0 unspecified atom stereocenters. The van der Waals surface area contributed by atoms with Crippen LogP contribution in [0.25, 0.3) is 0 Å². The monoisotopic (exact) mass is 302 g/mol. The number of rotatable bonds is 6. The predicted octanol–water partition coefficient (Wildman–Crippen LogP) is 2.63. The van der Waals surface area contributed by atoms with Gasteiger partial charge in [-0.2, -0.15) is 0 Å². The molecule has 5 heteroatoms. The van der Waals surface area contributed by atoms with Crippen molar-refractivity contribution in [1.82, 2.24) is 10.6 Å². The minimum absolute atomic E-state index is 0.0616. The Kier molecular flexibility index (Phi) is 6.12. The van der Waals surface area contributed by atoms with Gasteiger partial charge in [-0.25, -0.2) is 4.79 Å². The summed E-state index contributed by atoms with van der Waals surface area (Å²) < 4.78 is 0. The number of carbonyl (C=O) groups excluding carboxylic acids is 1. The van der Waals surface area contributed by atoms with Gasteiger partial charge in [-0.1, -0.05) is 48.2 Å². The normalized spacial score (nSPS) is 10.1. The highest BCUT2D eigenvalue weighted by Gasteiger charge is 2.05. The first kappa shape index (κ1) is 15.4. The van der Waals surface area contributed by atoms with Crippen molar-refractivity contribution in [2.75, 3.05) is 13.2 Å². The van der Waals surface area contributed by atoms with E-state index in [4.69, 9.17) is 5.11 Å². The average Bonchev–Trinajstić information content (AvgIpc) is 2.53. The Hall–Kier alpha value is -1.98. The topological polar surface area (TPSA) is 61.4 Å². The molecule has 0 saturated carbocycles. The smallest absolute Gasteiger partial charge is 0.315 e. The number of carbonyl (C=O) groups is 1. The molecule has 2 aromatic carbocycles. The fourth-order valence-electron chi connectivity index (χ4n) is 1.77. The van der Waals surface area contributed by atoms with Gasteiger partial charge in [-0.15, -0.1) is 0 Å². The summed E-state index contributed by atoms with van der Waals surface area (Å²) in [7, 11) is 0. The third-order valence-corrected chi connectivity index (χ3v) is 3.91. The summed E-state index contributed by atoms with van der Waals surface area (Å²) in [4.78, 5) is 13.8. The first-order valence-corrected chi connectivity index (χ1v) is 7.54. The van der Waals surface area contributed by atoms with E-state index >= 15 is 0 Å². The molecule has 0 aliphatic heterocycles. The molecule has 0 heterocycles. The van der Waals surface area contributed by atoms with E-state index in [2.05, 4.69) is 22.8 Å². The summed E-state index contributed by atoms with van der Waals surface area (Å²) in [5.74, 6) is 0. The van der Waals surface area contributed by atoms with Crippen molar-refractivity contribution in [2.24, 2.45) is 0 Å². The quantitative estimate of drug-likeness (QED) is 0.769. The van der Waals surface area contributed by atoms with Crippen LogP contribution < -0.4 is 10.6 Å². The molecule has 0 aromatic heterocycles. The van der Waals surface area contributed by atoms with Crippen LogP contribution in [-0.4, -0.2) is 24.3 Å². The van der Waals surface area contributed by atoms with E-state index in [-0.39, 0.29) is 19.2 Å². The summed E-state index contributed by atoms with van der Waals surface area (Å²) in [5.41, 5.74) is 1.06. The van der Waals surface area contributed by atoms with Crippen molar-refractivity contribution in [3.05, 3.63) is 60.2 Å². The molecule has 2 rings (SSSR count). The Bertz CT molecular complexity index is 575. The lowest BCUT2D eigenvalue weighted by molar-refractivity contribution is 0.234. The van der Waals surface area contributed by atoms with Crippen LogP contribution in [0.4, 0.5) is 4.79 Å². The Morgan fingerprint density at radius 2 is 1.71 bits per heavy atom. The van der Waals surface area contributed by atoms with Gasteiger partial charge >= 0.3 is 6.03 Å². The van der Waals surface area contributed by atoms with E-state index in [0.29, 0.717) is 6.54 Å². The minimum Gasteiger partial charge on any atom is -0.395 e. The van der Waals surface area contributed by atoms with Crippen molar-refractivity contribution >= 4 is 17.8 Å². The third-order valence-electron chi connectivity index (χ3n) is 2.78. The van der Waals surface area contributed by atoms with Gasteiger partial charge in [0.05, 0.1) is 6.61 Å². The lowest BCUT2D eigenvalue weighted by atomic mass is 10.2. The Labute approximate surface area is 128 Å². The summed E-state index contributed by atoms with van der Waals surface area (Å²) in [6, 6.07) is 17.8. The first-order chi connectivity index (χ1) is 10.3. The zero-order valence-corrected chi connectivity index (χ0v) is 12.4. The molecule has 0 saturated heterocycles. The Morgan fingerprint density at radius 1 is 1.00 bits per heavy atom. The summed E-state index contributed by atoms with van der Waals surface area (Å²) in [6.07, 6.45) is 0. The molecule has 21 heavy (non-hydrogen) atoms. The van der Waals surface area contributed by atoms with Gasteiger partial charge in [0.2, 0.25) is 0 Å². The molecule has 0 fully saturated rings. The van der Waals surface area contributed by atoms with Crippen LogP contribution in [-0.2, 0) is 6.54 Å². The standard InChI is InChI=1S/C16H18N2O2S/c19-11-10-17-16(20)18-12-13-6-4-5-9-15(13)21-14-7-2-1-3-8-14/h1-9,19H,10-12H2,(H2,17,18,20). The fraction of sp³-hybridized carbons (Fsp3) is 0.188. The van der Waals surface area contributed by atoms with Gasteiger partial charge in [0.1, 0.15) is 0 Å². The molecule has 0 aliphatic rings. The molecule has 0 radical (unpaired) electrons. The molecule has 2 aromatic rings. The third kappa shape index (κ3) is 5.13. The zero-order chi connectivity index (χ0) is 14.9. The van der Waals surface area contributed by atoms with Crippen molar-refractivity contribution < 1.29 is 9.90 Å². The lowest BCUT2D eigenvalue weighted by Crippen LogP contribution is -2.36. The van der Waals surface area contributed by atoms with E-state index in [1.165, 1.54) is 0 Å². The van der Waals surface area contributed by atoms with Crippen LogP contribution in [0.15, 0.2) is 64.4 Å². The van der Waals surface area contributed by atoms with Crippen molar-refractivity contribution in [3.63, 3.8) is 0 Å². The second-order valence-corrected chi connectivity index (χ2v) is 5.47. The van der Waals surface area contributed by atoms with Crippen LogP contribution in [0.3, 0.4) is 0 Å². The first-order valence-electron chi connectivity index (χ1n) is 6.73. The van der Waals surface area contributed by atoms with Gasteiger partial charge < -0.3 is 15.7 Å². The summed E-state index contributed by atoms with van der Waals surface area (Å²) >= 11 is 1.67. The number of benzene rings is 2. The maximum absolute atomic E-state index is 11.5. The number of hydrogen-bond donors (Lipinski definition) is 3. The largest absolute Gasteiger partial charge is 0.395 e. The number of amides is 2. The van der Waals surface area contributed by atoms with Crippen LogP contribution in [0, 0.1) is 0 Å². The highest BCUT2D eigenvalue weighted by molar-refractivity contribution is 7.99. The highest BCUT2D eigenvalue weighted by atomic mass is 32.2. The van der Waals surface area contributed by atoms with Crippen LogP contribution in [0.5, 0.6) is 0 Å². The molecule has 0 atom stereocenters. The molecule has 2 amide bonds. The second-order valence-electron chi connectivity index (χ2n) is 4.36. The van der Waals surface area contributed by atoms with Crippen LogP contribution >= 0.6 is 11.8 Å². The van der Waals surface area contributed by atoms with Gasteiger partial charge in [0, 0.05) is 22.9 Å². The van der Waals surface area contributed by atoms with Gasteiger partial charge in [-0.05, 0) is 23.8 Å². The number of urea groups is 1. The zero-order valence-electron chi connectivity index (χ0n) is 11.6. The molecule has 3 N–H and O–H groups in total. The molecule has 0 spiro atoms. The van der Waals surface area contributed by atoms with Gasteiger partial charge in [0.25, 0.3) is 0 Å². The molecule has 4 nitrogen and oxygen atoms in total. The van der Waals surface area contributed by atoms with Crippen LogP contribution in [0.1, 0.15) is 5.56 Å². The predicted molar refractivity (Wildman–Crippen MR) is 84.3 cm³/mol. The van der Waals surface area contributed by atoms with Crippen molar-refractivity contribution in [3.8, 4) is 0 Å². The molecular formula is C16H18N2O2S. The van der Waals surface area contributed by atoms with Crippen LogP contribution in [0.2, 0.25) is 0 Å². The van der Waals surface area contributed by atoms with E-state index < -0.39 is 0 Å². The minimum atomic E-state index is -0.274. The van der Waals surface area contributed by atoms with Crippen molar-refractivity contribution in [2.45, 2.75) is 16.3 Å². The Balaban J connectivity index is 1.98.